The molecule has 0 aliphatic heterocycles. The maximum Gasteiger partial charge on any atom is 0.296 e. The molecule has 4 heterocycles. The molecule has 0 spiro atoms. The Hall–Kier alpha value is -13.6. The SMILES string of the molecule is [C-]#[N+]c1ccc(-c2nc(N(C)CCCC)c(C)c(=O)n2-c2ccc(C3CC3)cc2)cc1F.[C-]#[N+]c1ccc(-c2nc(N(C)CCCC)c(Cl)c(=O)n2-c2ccc(C3CC3)cc2)cc1F.[C-]#[N+]c1ccc(-c2nc(N(C)CCCC)c(F)c(=O)n2-c2ccc(C3CC3)cc2)cc1F.[C-]#[N+]c1ccc(-c2nc(N(C)CCCC)cc(=O)n2-c2ccc(C3CC3)cc2)cc1F. The van der Waals surface area contributed by atoms with Crippen LogP contribution < -0.4 is 41.8 Å². The third-order valence-electron chi connectivity index (χ3n) is 23.2. The van der Waals surface area contributed by atoms with Crippen molar-refractivity contribution < 1.29 is 22.0 Å². The van der Waals surface area contributed by atoms with Gasteiger partial charge in [-0.05, 0) is 203 Å². The van der Waals surface area contributed by atoms with Gasteiger partial charge < -0.3 is 19.6 Å². The predicted octanol–water partition coefficient (Wildman–Crippen LogP) is 23.9. The summed E-state index contributed by atoms with van der Waals surface area (Å²) in [6.45, 7) is 41.3. The molecule has 0 unspecified atom stereocenters. The van der Waals surface area contributed by atoms with Crippen molar-refractivity contribution in [3.8, 4) is 68.3 Å². The normalized spacial score (nSPS) is 13.1. The maximum atomic E-state index is 15.2. The van der Waals surface area contributed by atoms with E-state index >= 15 is 4.39 Å². The van der Waals surface area contributed by atoms with E-state index in [9.17, 15) is 36.7 Å². The number of rotatable bonds is 28. The zero-order chi connectivity index (χ0) is 90.4. The van der Waals surface area contributed by atoms with Gasteiger partial charge in [0.15, 0.2) is 11.6 Å². The van der Waals surface area contributed by atoms with E-state index in [0.29, 0.717) is 116 Å². The molecular formula is C101H100ClF5N16O4. The van der Waals surface area contributed by atoms with E-state index < -0.39 is 40.2 Å². The standard InChI is InChI=1S/C26H27FN4O.C25H24ClFN4O.C25H24F2N4O.C25H25FN4O/c1-5-6-15-30(4)24-17(2)26(32)31(21-12-9-19(10-13-21)18-7-8-18)25(29-24)20-11-14-23(28-3)22(27)16-20;1-4-5-14-30(3)24-22(26)25(32)31(19-11-8-17(9-12-19)16-6-7-16)23(29-24)18-10-13-21(28-2)20(27)15-18;1-4-5-14-30(3)24-22(27)25(32)31(19-11-8-17(9-12-19)16-6-7-16)23(29-24)18-10-13-21(28-2)20(26)15-18;1-4-5-14-29(3)23-16-24(31)30(20-11-8-18(9-12-20)17-6-7-17)25(28-23)19-10-13-22(27-2)21(26)15-19/h9-14,16,18H,5-8,15H2,1-2,4H3;2*8-13,15-16H,4-7,14H2,1,3H3;8-13,15-17H,4-7,14H2,1,3H3. The Labute approximate surface area is 741 Å². The van der Waals surface area contributed by atoms with E-state index in [-0.39, 0.29) is 56.4 Å². The first-order chi connectivity index (χ1) is 61.3. The molecule has 0 saturated heterocycles. The van der Waals surface area contributed by atoms with Crippen LogP contribution in [-0.2, 0) is 0 Å². The molecule has 4 aliphatic rings. The molecule has 4 aliphatic carbocycles. The van der Waals surface area contributed by atoms with Crippen molar-refractivity contribution >= 4 is 57.6 Å². The van der Waals surface area contributed by atoms with Gasteiger partial charge in [-0.3, -0.25) is 37.4 Å². The molecular weight excluding hydrogens is 1630 g/mol. The summed E-state index contributed by atoms with van der Waals surface area (Å²) in [5, 5.41) is 0.0249. The summed E-state index contributed by atoms with van der Waals surface area (Å²) < 4.78 is 78.6. The molecule has 4 saturated carbocycles. The van der Waals surface area contributed by atoms with Crippen LogP contribution in [0.25, 0.3) is 87.7 Å². The predicted molar refractivity (Wildman–Crippen MR) is 496 cm³/mol. The summed E-state index contributed by atoms with van der Waals surface area (Å²) in [6, 6.07) is 49.7. The van der Waals surface area contributed by atoms with Crippen LogP contribution >= 0.6 is 11.6 Å². The third kappa shape index (κ3) is 21.2. The van der Waals surface area contributed by atoms with Crippen molar-refractivity contribution in [1.29, 1.82) is 0 Å². The molecule has 20 nitrogen and oxygen atoms in total. The van der Waals surface area contributed by atoms with Gasteiger partial charge in [0.1, 0.15) is 63.2 Å². The Balaban J connectivity index is 0.000000145. The highest BCUT2D eigenvalue weighted by Gasteiger charge is 2.31. The van der Waals surface area contributed by atoms with Crippen molar-refractivity contribution in [2.45, 2.75) is 161 Å². The first kappa shape index (κ1) is 91.1. The monoisotopic (exact) mass is 1730 g/mol. The van der Waals surface area contributed by atoms with Crippen molar-refractivity contribution in [2.75, 3.05) is 74.0 Å². The molecule has 26 heteroatoms. The van der Waals surface area contributed by atoms with Crippen molar-refractivity contribution in [3.05, 3.63) is 325 Å². The lowest BCUT2D eigenvalue weighted by atomic mass is 10.1. The van der Waals surface area contributed by atoms with E-state index in [1.807, 2.05) is 116 Å². The Morgan fingerprint density at radius 1 is 0.354 bits per heavy atom. The fourth-order valence-corrected chi connectivity index (χ4v) is 15.3. The third-order valence-corrected chi connectivity index (χ3v) is 23.5. The van der Waals surface area contributed by atoms with E-state index in [1.54, 1.807) is 53.8 Å². The van der Waals surface area contributed by atoms with E-state index in [4.69, 9.17) is 52.8 Å². The molecule has 0 N–H and O–H groups in total. The van der Waals surface area contributed by atoms with Gasteiger partial charge in [-0.2, -0.15) is 4.39 Å². The van der Waals surface area contributed by atoms with Gasteiger partial charge in [0.2, 0.25) is 28.6 Å². The van der Waals surface area contributed by atoms with Crippen LogP contribution in [0.15, 0.2) is 195 Å². The molecule has 4 fully saturated rings. The van der Waals surface area contributed by atoms with Gasteiger partial charge >= 0.3 is 0 Å². The maximum absolute atomic E-state index is 15.2. The zero-order valence-corrected chi connectivity index (χ0v) is 73.5. The molecule has 127 heavy (non-hydrogen) atoms. The van der Waals surface area contributed by atoms with Crippen LogP contribution in [0.5, 0.6) is 0 Å². The smallest absolute Gasteiger partial charge is 0.296 e. The topological polar surface area (TPSA) is 170 Å². The number of anilines is 4. The molecule has 8 aromatic carbocycles. The van der Waals surface area contributed by atoms with Crippen molar-refractivity contribution in [1.82, 2.24) is 38.2 Å². The highest BCUT2D eigenvalue weighted by Crippen LogP contribution is 2.44. The van der Waals surface area contributed by atoms with Crippen molar-refractivity contribution in [2.24, 2.45) is 0 Å². The first-order valence-corrected chi connectivity index (χ1v) is 43.6. The van der Waals surface area contributed by atoms with Crippen LogP contribution in [0.3, 0.4) is 0 Å². The second-order valence-corrected chi connectivity index (χ2v) is 33.1. The molecule has 4 aromatic heterocycles. The number of benzene rings is 8. The fourth-order valence-electron chi connectivity index (χ4n) is 15.1. The number of hydrogen-bond acceptors (Lipinski definition) is 12. The van der Waals surface area contributed by atoms with E-state index in [1.165, 1.54) is 129 Å². The molecule has 12 aromatic rings. The average Bonchev–Trinajstić information content (AvgIpc) is 1.76. The van der Waals surface area contributed by atoms with Crippen LogP contribution in [0, 0.1) is 62.3 Å². The summed E-state index contributed by atoms with van der Waals surface area (Å²) in [7, 11) is 7.34. The van der Waals surface area contributed by atoms with Gasteiger partial charge in [0.25, 0.3) is 22.2 Å². The summed E-state index contributed by atoms with van der Waals surface area (Å²) in [5.74, 6) is 1.39. The Morgan fingerprint density at radius 3 is 0.945 bits per heavy atom. The first-order valence-electron chi connectivity index (χ1n) is 43.2. The summed E-state index contributed by atoms with van der Waals surface area (Å²) in [6.07, 6.45) is 17.1. The highest BCUT2D eigenvalue weighted by atomic mass is 35.5. The lowest BCUT2D eigenvalue weighted by molar-refractivity contribution is 0.583. The average molecular weight is 1730 g/mol. The van der Waals surface area contributed by atoms with Gasteiger partial charge in [0.05, 0.1) is 54.6 Å². The van der Waals surface area contributed by atoms with Crippen LogP contribution in [0.2, 0.25) is 5.02 Å². The Morgan fingerprint density at radius 2 is 0.630 bits per heavy atom. The van der Waals surface area contributed by atoms with Crippen molar-refractivity contribution in [3.63, 3.8) is 0 Å². The molecule has 650 valence electrons. The van der Waals surface area contributed by atoms with Gasteiger partial charge in [-0.25, -0.2) is 56.9 Å². The minimum absolute atomic E-state index is 0.0249. The molecule has 16 rings (SSSR count). The molecule has 0 radical (unpaired) electrons. The number of aromatic nitrogens is 8. The minimum Gasteiger partial charge on any atom is -0.359 e. The largest absolute Gasteiger partial charge is 0.359 e. The highest BCUT2D eigenvalue weighted by molar-refractivity contribution is 6.32. The Bertz CT molecular complexity index is 6000. The van der Waals surface area contributed by atoms with Crippen LogP contribution in [0.1, 0.15) is 182 Å². The second-order valence-electron chi connectivity index (χ2n) is 32.7. The van der Waals surface area contributed by atoms with Gasteiger partial charge in [0, 0.05) is 82.7 Å². The van der Waals surface area contributed by atoms with Gasteiger partial charge in [-0.15, -0.1) is 0 Å². The van der Waals surface area contributed by atoms with Crippen LogP contribution in [0.4, 0.5) is 68.0 Å². The molecule has 0 amide bonds. The summed E-state index contributed by atoms with van der Waals surface area (Å²) >= 11 is 6.50. The Kier molecular flexibility index (Phi) is 29.4. The van der Waals surface area contributed by atoms with E-state index in [0.717, 1.165) is 83.4 Å². The lowest BCUT2D eigenvalue weighted by Gasteiger charge is -2.23. The van der Waals surface area contributed by atoms with Crippen LogP contribution in [-0.4, -0.2) is 92.6 Å². The second kappa shape index (κ2) is 41.0. The number of halogens is 6. The summed E-state index contributed by atoms with van der Waals surface area (Å²) in [4.78, 5) is 92.2. The quantitative estimate of drug-likeness (QED) is 0.0336. The zero-order valence-electron chi connectivity index (χ0n) is 72.8. The molecule has 0 atom stereocenters. The summed E-state index contributed by atoms with van der Waals surface area (Å²) in [5.41, 5.74) is 7.62. The fraction of sp³-hybridized carbons (Fsp3) is 0.327. The minimum atomic E-state index is -0.947. The number of hydrogen-bond donors (Lipinski definition) is 0. The number of unbranched alkanes of at least 4 members (excludes halogenated alkanes) is 4. The lowest BCUT2D eigenvalue weighted by Crippen LogP contribution is -2.30. The van der Waals surface area contributed by atoms with Gasteiger partial charge in [-0.1, -0.05) is 162 Å². The number of nitrogens with zero attached hydrogens (tertiary/aromatic N) is 16. The van der Waals surface area contributed by atoms with E-state index in [2.05, 4.69) is 57.3 Å². The molecule has 0 bridgehead atoms.